The molecule has 4 rings (SSSR count). The maximum atomic E-state index is 12.9. The van der Waals surface area contributed by atoms with Crippen molar-refractivity contribution in [3.63, 3.8) is 0 Å². The van der Waals surface area contributed by atoms with Crippen LogP contribution in [0.4, 0.5) is 0 Å². The Morgan fingerprint density at radius 1 is 1.09 bits per heavy atom. The number of sulfonamides is 1. The van der Waals surface area contributed by atoms with Gasteiger partial charge in [0.1, 0.15) is 0 Å². The Morgan fingerprint density at radius 3 is 2.77 bits per heavy atom. The largest absolute Gasteiger partial charge is 0.249 e. The van der Waals surface area contributed by atoms with Gasteiger partial charge >= 0.3 is 0 Å². The second-order valence-electron chi connectivity index (χ2n) is 5.95. The number of benzene rings is 1. The van der Waals surface area contributed by atoms with Crippen LogP contribution in [0.5, 0.6) is 0 Å². The standard InChI is InChI=1S/C16H18N2O2S2/c19-22(20,18-8-7-15-16(10-18)21-11-17-15)14-6-5-12-3-1-2-4-13(12)9-14/h5-6,9,11H,1-4,7-8,10H2. The van der Waals surface area contributed by atoms with Crippen LogP contribution in [0.1, 0.15) is 34.5 Å². The summed E-state index contributed by atoms with van der Waals surface area (Å²) in [6, 6.07) is 5.68. The van der Waals surface area contributed by atoms with E-state index in [-0.39, 0.29) is 0 Å². The highest BCUT2D eigenvalue weighted by Crippen LogP contribution is 2.29. The number of hydrogen-bond acceptors (Lipinski definition) is 4. The van der Waals surface area contributed by atoms with E-state index in [4.69, 9.17) is 0 Å². The van der Waals surface area contributed by atoms with Crippen LogP contribution in [-0.2, 0) is 35.8 Å². The van der Waals surface area contributed by atoms with E-state index in [1.54, 1.807) is 27.2 Å². The van der Waals surface area contributed by atoms with Crippen molar-refractivity contribution in [3.05, 3.63) is 45.4 Å². The molecule has 1 aliphatic carbocycles. The average molecular weight is 334 g/mol. The van der Waals surface area contributed by atoms with Crippen LogP contribution in [0.25, 0.3) is 0 Å². The van der Waals surface area contributed by atoms with Gasteiger partial charge in [-0.2, -0.15) is 4.31 Å². The van der Waals surface area contributed by atoms with Crippen molar-refractivity contribution in [3.8, 4) is 0 Å². The molecule has 1 aromatic carbocycles. The molecule has 0 atom stereocenters. The van der Waals surface area contributed by atoms with Gasteiger partial charge in [-0.15, -0.1) is 11.3 Å². The van der Waals surface area contributed by atoms with Crippen molar-refractivity contribution in [1.29, 1.82) is 0 Å². The first kappa shape index (κ1) is 14.4. The third-order valence-electron chi connectivity index (χ3n) is 4.60. The summed E-state index contributed by atoms with van der Waals surface area (Å²) < 4.78 is 27.4. The molecule has 0 saturated carbocycles. The summed E-state index contributed by atoms with van der Waals surface area (Å²) >= 11 is 1.55. The lowest BCUT2D eigenvalue weighted by atomic mass is 9.92. The molecule has 6 heteroatoms. The normalized spacial score (nSPS) is 18.7. The summed E-state index contributed by atoms with van der Waals surface area (Å²) in [5.74, 6) is 0. The van der Waals surface area contributed by atoms with Crippen LogP contribution < -0.4 is 0 Å². The molecule has 1 aromatic heterocycles. The molecule has 0 amide bonds. The Kier molecular flexibility index (Phi) is 3.55. The molecule has 2 aliphatic rings. The molecule has 0 fully saturated rings. The monoisotopic (exact) mass is 334 g/mol. The second kappa shape index (κ2) is 5.44. The van der Waals surface area contributed by atoms with Crippen LogP contribution in [0.15, 0.2) is 28.6 Å². The maximum absolute atomic E-state index is 12.9. The summed E-state index contributed by atoms with van der Waals surface area (Å²) in [6.45, 7) is 0.982. The maximum Gasteiger partial charge on any atom is 0.243 e. The molecule has 2 aromatic rings. The lowest BCUT2D eigenvalue weighted by Gasteiger charge is -2.26. The first-order chi connectivity index (χ1) is 10.6. The molecule has 0 spiro atoms. The molecule has 1 aliphatic heterocycles. The molecule has 116 valence electrons. The van der Waals surface area contributed by atoms with Crippen molar-refractivity contribution in [2.45, 2.75) is 43.5 Å². The van der Waals surface area contributed by atoms with Gasteiger partial charge in [0.2, 0.25) is 10.0 Å². The molecular weight excluding hydrogens is 316 g/mol. The molecule has 2 heterocycles. The van der Waals surface area contributed by atoms with E-state index in [9.17, 15) is 8.42 Å². The smallest absolute Gasteiger partial charge is 0.243 e. The van der Waals surface area contributed by atoms with Crippen molar-refractivity contribution in [2.24, 2.45) is 0 Å². The first-order valence-corrected chi connectivity index (χ1v) is 10.00. The highest BCUT2D eigenvalue weighted by Gasteiger charge is 2.30. The number of rotatable bonds is 2. The number of aryl methyl sites for hydroxylation is 2. The first-order valence-electron chi connectivity index (χ1n) is 7.68. The molecular formula is C16H18N2O2S2. The van der Waals surface area contributed by atoms with Gasteiger partial charge in [-0.25, -0.2) is 13.4 Å². The molecule has 0 bridgehead atoms. The predicted molar refractivity (Wildman–Crippen MR) is 86.5 cm³/mol. The summed E-state index contributed by atoms with van der Waals surface area (Å²) in [5.41, 5.74) is 5.39. The number of fused-ring (bicyclic) bond motifs is 2. The highest BCUT2D eigenvalue weighted by molar-refractivity contribution is 7.89. The highest BCUT2D eigenvalue weighted by atomic mass is 32.2. The lowest BCUT2D eigenvalue weighted by Crippen LogP contribution is -2.35. The Labute approximate surface area is 134 Å². The zero-order valence-electron chi connectivity index (χ0n) is 12.3. The van der Waals surface area contributed by atoms with Gasteiger partial charge in [-0.3, -0.25) is 0 Å². The SMILES string of the molecule is O=S(=O)(c1ccc2c(c1)CCCC2)N1CCc2ncsc2C1. The fourth-order valence-corrected chi connectivity index (χ4v) is 5.69. The molecule has 0 radical (unpaired) electrons. The minimum Gasteiger partial charge on any atom is -0.249 e. The third kappa shape index (κ3) is 2.39. The zero-order chi connectivity index (χ0) is 15.2. The minimum absolute atomic E-state index is 0.445. The third-order valence-corrected chi connectivity index (χ3v) is 7.30. The fourth-order valence-electron chi connectivity index (χ4n) is 3.32. The van der Waals surface area contributed by atoms with Gasteiger partial charge in [0, 0.05) is 17.8 Å². The number of hydrogen-bond donors (Lipinski definition) is 0. The number of aromatic nitrogens is 1. The topological polar surface area (TPSA) is 50.3 Å². The van der Waals surface area contributed by atoms with E-state index < -0.39 is 10.0 Å². The van der Waals surface area contributed by atoms with E-state index in [1.165, 1.54) is 17.5 Å². The Hall–Kier alpha value is -1.24. The average Bonchev–Trinajstić information content (AvgIpc) is 3.02. The van der Waals surface area contributed by atoms with Gasteiger partial charge in [-0.05, 0) is 48.9 Å². The van der Waals surface area contributed by atoms with E-state index in [2.05, 4.69) is 4.98 Å². The molecule has 0 unspecified atom stereocenters. The Bertz CT molecular complexity index is 811. The Balaban J connectivity index is 1.66. The summed E-state index contributed by atoms with van der Waals surface area (Å²) in [7, 11) is -3.40. The predicted octanol–water partition coefficient (Wildman–Crippen LogP) is 2.77. The van der Waals surface area contributed by atoms with Gasteiger partial charge in [0.15, 0.2) is 0 Å². The Morgan fingerprint density at radius 2 is 1.91 bits per heavy atom. The van der Waals surface area contributed by atoms with E-state index in [1.807, 2.05) is 12.1 Å². The minimum atomic E-state index is -3.40. The van der Waals surface area contributed by atoms with E-state index in [0.717, 1.165) is 29.8 Å². The quantitative estimate of drug-likeness (QED) is 0.848. The zero-order valence-corrected chi connectivity index (χ0v) is 13.9. The number of thiazole rings is 1. The molecule has 4 nitrogen and oxygen atoms in total. The van der Waals surface area contributed by atoms with Gasteiger partial charge in [0.25, 0.3) is 0 Å². The van der Waals surface area contributed by atoms with Crippen molar-refractivity contribution < 1.29 is 8.42 Å². The van der Waals surface area contributed by atoms with Gasteiger partial charge in [0.05, 0.1) is 22.6 Å². The van der Waals surface area contributed by atoms with Crippen molar-refractivity contribution >= 4 is 21.4 Å². The summed E-state index contributed by atoms with van der Waals surface area (Å²) in [4.78, 5) is 5.82. The van der Waals surface area contributed by atoms with Crippen LogP contribution in [0.2, 0.25) is 0 Å². The van der Waals surface area contributed by atoms with Crippen LogP contribution >= 0.6 is 11.3 Å². The molecule has 0 saturated heterocycles. The second-order valence-corrected chi connectivity index (χ2v) is 8.83. The van der Waals surface area contributed by atoms with Gasteiger partial charge in [-0.1, -0.05) is 6.07 Å². The molecule has 0 N–H and O–H groups in total. The fraction of sp³-hybridized carbons (Fsp3) is 0.438. The van der Waals surface area contributed by atoms with Gasteiger partial charge < -0.3 is 0 Å². The number of nitrogens with zero attached hydrogens (tertiary/aromatic N) is 2. The van der Waals surface area contributed by atoms with Crippen LogP contribution in [-0.4, -0.2) is 24.3 Å². The summed E-state index contributed by atoms with van der Waals surface area (Å²) in [6.07, 6.45) is 5.15. The van der Waals surface area contributed by atoms with Crippen LogP contribution in [0, 0.1) is 0 Å². The van der Waals surface area contributed by atoms with Crippen molar-refractivity contribution in [2.75, 3.05) is 6.54 Å². The van der Waals surface area contributed by atoms with E-state index in [0.29, 0.717) is 24.4 Å². The molecule has 22 heavy (non-hydrogen) atoms. The van der Waals surface area contributed by atoms with Crippen LogP contribution in [0.3, 0.4) is 0 Å². The summed E-state index contributed by atoms with van der Waals surface area (Å²) in [5, 5.41) is 0. The van der Waals surface area contributed by atoms with E-state index >= 15 is 0 Å². The van der Waals surface area contributed by atoms with Crippen molar-refractivity contribution in [1.82, 2.24) is 9.29 Å². The lowest BCUT2D eigenvalue weighted by molar-refractivity contribution is 0.393.